The van der Waals surface area contributed by atoms with Gasteiger partial charge in [-0.3, -0.25) is 14.4 Å². The predicted octanol–water partition coefficient (Wildman–Crippen LogP) is 2.47. The molecule has 3 amide bonds. The number of amides is 3. The number of benzene rings is 1. The average molecular weight is 388 g/mol. The van der Waals surface area contributed by atoms with Crippen molar-refractivity contribution in [1.29, 1.82) is 0 Å². The van der Waals surface area contributed by atoms with Gasteiger partial charge in [-0.2, -0.15) is 0 Å². The molecule has 1 atom stereocenters. The molecule has 0 spiro atoms. The van der Waals surface area contributed by atoms with Crippen LogP contribution in [0.2, 0.25) is 0 Å². The van der Waals surface area contributed by atoms with Crippen LogP contribution in [0.25, 0.3) is 0 Å². The molecule has 0 radical (unpaired) electrons. The third kappa shape index (κ3) is 5.81. The number of aryl methyl sites for hydroxylation is 1. The van der Waals surface area contributed by atoms with E-state index in [1.54, 1.807) is 9.80 Å². The van der Waals surface area contributed by atoms with Crippen LogP contribution >= 0.6 is 0 Å². The Morgan fingerprint density at radius 3 is 1.96 bits per heavy atom. The molecule has 6 nitrogen and oxygen atoms in total. The molecule has 1 aromatic carbocycles. The van der Waals surface area contributed by atoms with Crippen LogP contribution in [0, 0.1) is 18.8 Å². The van der Waals surface area contributed by atoms with Crippen LogP contribution in [0.5, 0.6) is 0 Å². The Bertz CT molecular complexity index is 689. The maximum absolute atomic E-state index is 13.0. The molecule has 0 aromatic heterocycles. The van der Waals surface area contributed by atoms with Crippen molar-refractivity contribution in [2.24, 2.45) is 11.8 Å². The van der Waals surface area contributed by atoms with Crippen molar-refractivity contribution in [1.82, 2.24) is 15.1 Å². The maximum Gasteiger partial charge on any atom is 0.253 e. The predicted molar refractivity (Wildman–Crippen MR) is 110 cm³/mol. The zero-order chi connectivity index (χ0) is 20.8. The molecule has 1 aromatic rings. The van der Waals surface area contributed by atoms with Crippen molar-refractivity contribution in [3.8, 4) is 0 Å². The highest BCUT2D eigenvalue weighted by Crippen LogP contribution is 2.13. The van der Waals surface area contributed by atoms with Crippen LogP contribution in [-0.2, 0) is 9.59 Å². The van der Waals surface area contributed by atoms with Crippen LogP contribution < -0.4 is 5.32 Å². The Balaban J connectivity index is 1.94. The maximum atomic E-state index is 13.0. The molecule has 1 saturated heterocycles. The fourth-order valence-electron chi connectivity index (χ4n) is 3.32. The van der Waals surface area contributed by atoms with E-state index < -0.39 is 6.04 Å². The Kier molecular flexibility index (Phi) is 7.61. The molecule has 1 aliphatic heterocycles. The van der Waals surface area contributed by atoms with Gasteiger partial charge < -0.3 is 15.1 Å². The van der Waals surface area contributed by atoms with Crippen molar-refractivity contribution in [2.45, 2.75) is 47.1 Å². The van der Waals surface area contributed by atoms with Gasteiger partial charge in [-0.25, -0.2) is 0 Å². The van der Waals surface area contributed by atoms with Gasteiger partial charge in [0.1, 0.15) is 6.04 Å². The summed E-state index contributed by atoms with van der Waals surface area (Å²) in [7, 11) is 0. The Morgan fingerprint density at radius 2 is 1.46 bits per heavy atom. The summed E-state index contributed by atoms with van der Waals surface area (Å²) in [6.07, 6.45) is 0.412. The van der Waals surface area contributed by atoms with Gasteiger partial charge in [0.25, 0.3) is 5.91 Å². The Hall–Kier alpha value is -2.37. The molecule has 154 valence electrons. The summed E-state index contributed by atoms with van der Waals surface area (Å²) in [6.45, 7) is 11.8. The highest BCUT2D eigenvalue weighted by molar-refractivity contribution is 5.94. The zero-order valence-electron chi connectivity index (χ0n) is 17.7. The van der Waals surface area contributed by atoms with Crippen molar-refractivity contribution < 1.29 is 14.4 Å². The van der Waals surface area contributed by atoms with Gasteiger partial charge in [-0.1, -0.05) is 45.4 Å². The molecule has 1 unspecified atom stereocenters. The number of carbonyl (C=O) groups excluding carboxylic acids is 3. The molecule has 6 heteroatoms. The largest absolute Gasteiger partial charge is 0.344 e. The number of hydrogen-bond donors (Lipinski definition) is 1. The van der Waals surface area contributed by atoms with E-state index in [1.807, 2.05) is 58.9 Å². The van der Waals surface area contributed by atoms with Crippen LogP contribution in [0.15, 0.2) is 24.3 Å². The smallest absolute Gasteiger partial charge is 0.253 e. The lowest BCUT2D eigenvalue weighted by Gasteiger charge is -2.37. The van der Waals surface area contributed by atoms with Crippen LogP contribution in [0.3, 0.4) is 0 Å². The van der Waals surface area contributed by atoms with Crippen molar-refractivity contribution in [3.05, 3.63) is 35.4 Å². The average Bonchev–Trinajstić information content (AvgIpc) is 2.65. The van der Waals surface area contributed by atoms with Gasteiger partial charge in [0.15, 0.2) is 0 Å². The first-order valence-corrected chi connectivity index (χ1v) is 10.1. The van der Waals surface area contributed by atoms with E-state index in [-0.39, 0.29) is 29.6 Å². The highest BCUT2D eigenvalue weighted by Gasteiger charge is 2.31. The molecule has 1 aliphatic rings. The summed E-state index contributed by atoms with van der Waals surface area (Å²) in [5, 5.41) is 2.90. The molecule has 28 heavy (non-hydrogen) atoms. The minimum absolute atomic E-state index is 0.00209. The molecule has 2 rings (SSSR count). The zero-order valence-corrected chi connectivity index (χ0v) is 17.7. The molecule has 0 aliphatic carbocycles. The second kappa shape index (κ2) is 9.71. The van der Waals surface area contributed by atoms with Gasteiger partial charge in [-0.15, -0.1) is 0 Å². The van der Waals surface area contributed by atoms with E-state index in [2.05, 4.69) is 5.32 Å². The normalized spacial score (nSPS) is 15.7. The monoisotopic (exact) mass is 387 g/mol. The number of piperazine rings is 1. The quantitative estimate of drug-likeness (QED) is 0.815. The molecule has 1 heterocycles. The molecule has 1 fully saturated rings. The van der Waals surface area contributed by atoms with Crippen LogP contribution in [0.4, 0.5) is 0 Å². The van der Waals surface area contributed by atoms with E-state index in [0.717, 1.165) is 5.56 Å². The minimum Gasteiger partial charge on any atom is -0.344 e. The van der Waals surface area contributed by atoms with Crippen molar-refractivity contribution in [3.63, 3.8) is 0 Å². The summed E-state index contributed by atoms with van der Waals surface area (Å²) >= 11 is 0. The standard InChI is InChI=1S/C22H33N3O3/c1-15(2)14-19(26)23-20(16(3)4)22(28)25-12-10-24(11-13-25)21(27)18-8-6-17(5)7-9-18/h6-9,15-16,20H,10-14H2,1-5H3,(H,23,26). The first kappa shape index (κ1) is 21.9. The van der Waals surface area contributed by atoms with Crippen LogP contribution in [-0.4, -0.2) is 59.7 Å². The fraction of sp³-hybridized carbons (Fsp3) is 0.591. The number of nitrogens with zero attached hydrogens (tertiary/aromatic N) is 2. The Labute approximate surface area is 168 Å². The lowest BCUT2D eigenvalue weighted by molar-refractivity contribution is -0.139. The molecular weight excluding hydrogens is 354 g/mol. The SMILES string of the molecule is Cc1ccc(C(=O)N2CCN(C(=O)C(NC(=O)CC(C)C)C(C)C)CC2)cc1. The second-order valence-electron chi connectivity index (χ2n) is 8.37. The number of hydrogen-bond acceptors (Lipinski definition) is 3. The van der Waals surface area contributed by atoms with Gasteiger partial charge in [-0.05, 0) is 30.9 Å². The van der Waals surface area contributed by atoms with Gasteiger partial charge in [0.05, 0.1) is 0 Å². The third-order valence-corrected chi connectivity index (χ3v) is 5.02. The van der Waals surface area contributed by atoms with E-state index in [0.29, 0.717) is 38.2 Å². The fourth-order valence-corrected chi connectivity index (χ4v) is 3.32. The first-order chi connectivity index (χ1) is 13.2. The van der Waals surface area contributed by atoms with E-state index in [1.165, 1.54) is 0 Å². The van der Waals surface area contributed by atoms with E-state index >= 15 is 0 Å². The summed E-state index contributed by atoms with van der Waals surface area (Å²) in [5.41, 5.74) is 1.79. The highest BCUT2D eigenvalue weighted by atomic mass is 16.2. The summed E-state index contributed by atoms with van der Waals surface area (Å²) in [6, 6.07) is 7.02. The van der Waals surface area contributed by atoms with Crippen molar-refractivity contribution in [2.75, 3.05) is 26.2 Å². The van der Waals surface area contributed by atoms with Crippen LogP contribution in [0.1, 0.15) is 50.0 Å². The molecular formula is C22H33N3O3. The summed E-state index contributed by atoms with van der Waals surface area (Å²) in [4.78, 5) is 41.3. The van der Waals surface area contributed by atoms with Gasteiger partial charge >= 0.3 is 0 Å². The number of nitrogens with one attached hydrogen (secondary N) is 1. The first-order valence-electron chi connectivity index (χ1n) is 10.1. The number of rotatable bonds is 6. The minimum atomic E-state index is -0.523. The van der Waals surface area contributed by atoms with Gasteiger partial charge in [0.2, 0.25) is 11.8 Å². The summed E-state index contributed by atoms with van der Waals surface area (Å²) < 4.78 is 0. The second-order valence-corrected chi connectivity index (χ2v) is 8.37. The lowest BCUT2D eigenvalue weighted by atomic mass is 10.0. The summed E-state index contributed by atoms with van der Waals surface area (Å²) in [5.74, 6) is 0.109. The van der Waals surface area contributed by atoms with Crippen molar-refractivity contribution >= 4 is 17.7 Å². The van der Waals surface area contributed by atoms with Gasteiger partial charge in [0, 0.05) is 38.2 Å². The van der Waals surface area contributed by atoms with E-state index in [9.17, 15) is 14.4 Å². The molecule has 0 saturated carbocycles. The third-order valence-electron chi connectivity index (χ3n) is 5.02. The van der Waals surface area contributed by atoms with E-state index in [4.69, 9.17) is 0 Å². The lowest BCUT2D eigenvalue weighted by Crippen LogP contribution is -2.57. The molecule has 1 N–H and O–H groups in total. The Morgan fingerprint density at radius 1 is 0.929 bits per heavy atom. The topological polar surface area (TPSA) is 69.7 Å². The molecule has 0 bridgehead atoms. The number of carbonyl (C=O) groups is 3.